The first-order valence-electron chi connectivity index (χ1n) is 8.66. The molecule has 9 heteroatoms. The van der Waals surface area contributed by atoms with Gasteiger partial charge in [0.15, 0.2) is 5.54 Å². The minimum absolute atomic E-state index is 0.219. The summed E-state index contributed by atoms with van der Waals surface area (Å²) in [5.41, 5.74) is -1.34. The molecule has 0 bridgehead atoms. The summed E-state index contributed by atoms with van der Waals surface area (Å²) < 4.78 is 32.6. The van der Waals surface area contributed by atoms with Crippen LogP contribution in [0.25, 0.3) is 11.0 Å². The van der Waals surface area contributed by atoms with Crippen molar-refractivity contribution in [3.05, 3.63) is 65.9 Å². The molecule has 1 atom stereocenters. The number of benzene rings is 2. The molecule has 1 aromatic heterocycles. The lowest BCUT2D eigenvalue weighted by atomic mass is 9.99. The Hall–Kier alpha value is -3.75. The Balaban J connectivity index is 1.54. The van der Waals surface area contributed by atoms with Crippen LogP contribution in [0.5, 0.6) is 0 Å². The van der Waals surface area contributed by atoms with Crippen LogP contribution in [0.1, 0.15) is 12.7 Å². The standard InChI is InChI=1S/C20H15F2N3O4/c1-20(16-8-11-4-2-3-5-15(11)29-16)18(27)25(19(28)24-20)10-17(26)23-14-9-12(21)6-7-13(14)22/h2-9H,10H2,1H3,(H,23,26)(H,24,28). The second-order valence-corrected chi connectivity index (χ2v) is 6.77. The molecule has 0 aliphatic carbocycles. The maximum Gasteiger partial charge on any atom is 0.325 e. The maximum absolute atomic E-state index is 13.7. The van der Waals surface area contributed by atoms with E-state index in [2.05, 4.69) is 10.6 Å². The Labute approximate surface area is 163 Å². The summed E-state index contributed by atoms with van der Waals surface area (Å²) in [5, 5.41) is 5.44. The number of hydrogen-bond donors (Lipinski definition) is 2. The number of urea groups is 1. The molecule has 7 nitrogen and oxygen atoms in total. The van der Waals surface area contributed by atoms with Crippen molar-refractivity contribution in [2.45, 2.75) is 12.5 Å². The van der Waals surface area contributed by atoms with Crippen LogP contribution in [-0.2, 0) is 15.1 Å². The van der Waals surface area contributed by atoms with Gasteiger partial charge in [-0.2, -0.15) is 0 Å². The van der Waals surface area contributed by atoms with Crippen LogP contribution in [0.4, 0.5) is 19.3 Å². The lowest BCUT2D eigenvalue weighted by Crippen LogP contribution is -2.41. The smallest absolute Gasteiger partial charge is 0.325 e. The van der Waals surface area contributed by atoms with Gasteiger partial charge in [-0.05, 0) is 31.2 Å². The summed E-state index contributed by atoms with van der Waals surface area (Å²) in [6.45, 7) is 0.797. The van der Waals surface area contributed by atoms with Gasteiger partial charge >= 0.3 is 6.03 Å². The van der Waals surface area contributed by atoms with Crippen molar-refractivity contribution < 1.29 is 27.6 Å². The zero-order chi connectivity index (χ0) is 20.8. The van der Waals surface area contributed by atoms with Gasteiger partial charge in [-0.3, -0.25) is 14.5 Å². The highest BCUT2D eigenvalue weighted by molar-refractivity contribution is 6.10. The van der Waals surface area contributed by atoms with Gasteiger partial charge in [0.05, 0.1) is 5.69 Å². The number of hydrogen-bond acceptors (Lipinski definition) is 4. The summed E-state index contributed by atoms with van der Waals surface area (Å²) >= 11 is 0. The minimum Gasteiger partial charge on any atom is -0.458 e. The molecular weight excluding hydrogens is 384 g/mol. The number of amides is 4. The molecule has 148 valence electrons. The van der Waals surface area contributed by atoms with E-state index in [0.717, 1.165) is 23.6 Å². The van der Waals surface area contributed by atoms with Crippen molar-refractivity contribution >= 4 is 34.5 Å². The lowest BCUT2D eigenvalue weighted by Gasteiger charge is -2.19. The fourth-order valence-electron chi connectivity index (χ4n) is 3.16. The Morgan fingerprint density at radius 2 is 1.93 bits per heavy atom. The Kier molecular flexibility index (Phi) is 4.30. The fraction of sp³-hybridized carbons (Fsp3) is 0.150. The van der Waals surface area contributed by atoms with Gasteiger partial charge in [0.1, 0.15) is 29.5 Å². The van der Waals surface area contributed by atoms with E-state index in [1.807, 2.05) is 0 Å². The van der Waals surface area contributed by atoms with Crippen LogP contribution in [0.15, 0.2) is 52.9 Å². The predicted octanol–water partition coefficient (Wildman–Crippen LogP) is 3.12. The molecule has 1 aliphatic heterocycles. The van der Waals surface area contributed by atoms with E-state index >= 15 is 0 Å². The van der Waals surface area contributed by atoms with Crippen molar-refractivity contribution in [1.82, 2.24) is 10.2 Å². The highest BCUT2D eigenvalue weighted by atomic mass is 19.1. The zero-order valence-electron chi connectivity index (χ0n) is 15.2. The highest BCUT2D eigenvalue weighted by Crippen LogP contribution is 2.33. The topological polar surface area (TPSA) is 91.7 Å². The van der Waals surface area contributed by atoms with Crippen molar-refractivity contribution in [3.8, 4) is 0 Å². The SMILES string of the molecule is CC1(c2cc3ccccc3o2)NC(=O)N(CC(=O)Nc2cc(F)ccc2F)C1=O. The first-order chi connectivity index (χ1) is 13.8. The molecule has 0 spiro atoms. The first kappa shape index (κ1) is 18.6. The Morgan fingerprint density at radius 1 is 1.17 bits per heavy atom. The molecule has 0 radical (unpaired) electrons. The number of fused-ring (bicyclic) bond motifs is 1. The quantitative estimate of drug-likeness (QED) is 0.660. The van der Waals surface area contributed by atoms with Crippen molar-refractivity contribution in [1.29, 1.82) is 0 Å². The van der Waals surface area contributed by atoms with E-state index < -0.39 is 41.6 Å². The number of nitrogens with one attached hydrogen (secondary N) is 2. The fourth-order valence-corrected chi connectivity index (χ4v) is 3.16. The number of furan rings is 1. The molecule has 3 aromatic rings. The van der Waals surface area contributed by atoms with Crippen LogP contribution < -0.4 is 10.6 Å². The number of nitrogens with zero attached hydrogens (tertiary/aromatic N) is 1. The summed E-state index contributed by atoms with van der Waals surface area (Å²) in [6, 6.07) is 10.5. The van der Waals surface area contributed by atoms with Crippen LogP contribution >= 0.6 is 0 Å². The number of carbonyl (C=O) groups excluding carboxylic acids is 3. The predicted molar refractivity (Wildman–Crippen MR) is 98.8 cm³/mol. The molecule has 1 saturated heterocycles. The van der Waals surface area contributed by atoms with E-state index in [4.69, 9.17) is 4.42 Å². The average Bonchev–Trinajstić information content (AvgIpc) is 3.21. The zero-order valence-corrected chi connectivity index (χ0v) is 15.2. The number of carbonyl (C=O) groups is 3. The molecular formula is C20H15F2N3O4. The highest BCUT2D eigenvalue weighted by Gasteiger charge is 2.51. The molecule has 4 rings (SSSR count). The summed E-state index contributed by atoms with van der Waals surface area (Å²) in [5.74, 6) is -2.92. The monoisotopic (exact) mass is 399 g/mol. The largest absolute Gasteiger partial charge is 0.458 e. The van der Waals surface area contributed by atoms with Gasteiger partial charge < -0.3 is 15.1 Å². The van der Waals surface area contributed by atoms with Gasteiger partial charge in [-0.15, -0.1) is 0 Å². The van der Waals surface area contributed by atoms with Crippen LogP contribution in [0.2, 0.25) is 0 Å². The van der Waals surface area contributed by atoms with Crippen LogP contribution in [-0.4, -0.2) is 29.3 Å². The third kappa shape index (κ3) is 3.20. The van der Waals surface area contributed by atoms with Gasteiger partial charge in [0.25, 0.3) is 5.91 Å². The van der Waals surface area contributed by atoms with Gasteiger partial charge in [-0.1, -0.05) is 18.2 Å². The second-order valence-electron chi connectivity index (χ2n) is 6.77. The first-order valence-corrected chi connectivity index (χ1v) is 8.66. The average molecular weight is 399 g/mol. The van der Waals surface area contributed by atoms with Crippen molar-refractivity contribution in [3.63, 3.8) is 0 Å². The molecule has 1 unspecified atom stereocenters. The molecule has 2 heterocycles. The van der Waals surface area contributed by atoms with Crippen LogP contribution in [0, 0.1) is 11.6 Å². The number of imide groups is 1. The summed E-state index contributed by atoms with van der Waals surface area (Å²) in [6.07, 6.45) is 0. The third-order valence-corrected chi connectivity index (χ3v) is 4.70. The van der Waals surface area contributed by atoms with E-state index in [-0.39, 0.29) is 11.4 Å². The third-order valence-electron chi connectivity index (χ3n) is 4.70. The second kappa shape index (κ2) is 6.69. The number of anilines is 1. The van der Waals surface area contributed by atoms with Gasteiger partial charge in [0, 0.05) is 11.5 Å². The van der Waals surface area contributed by atoms with Gasteiger partial charge in [0.2, 0.25) is 5.91 Å². The molecule has 1 aliphatic rings. The lowest BCUT2D eigenvalue weighted by molar-refractivity contribution is -0.134. The molecule has 29 heavy (non-hydrogen) atoms. The summed E-state index contributed by atoms with van der Waals surface area (Å²) in [4.78, 5) is 38.1. The Morgan fingerprint density at radius 3 is 2.69 bits per heavy atom. The summed E-state index contributed by atoms with van der Waals surface area (Å²) in [7, 11) is 0. The number of rotatable bonds is 4. The molecule has 0 saturated carbocycles. The number of halogens is 2. The number of para-hydroxylation sites is 1. The molecule has 2 aromatic carbocycles. The molecule has 1 fully saturated rings. The van der Waals surface area contributed by atoms with E-state index in [9.17, 15) is 23.2 Å². The maximum atomic E-state index is 13.7. The van der Waals surface area contributed by atoms with Crippen LogP contribution in [0.3, 0.4) is 0 Å². The molecule has 4 amide bonds. The van der Waals surface area contributed by atoms with E-state index in [1.54, 1.807) is 30.3 Å². The molecule has 2 N–H and O–H groups in total. The van der Waals surface area contributed by atoms with E-state index in [1.165, 1.54) is 6.92 Å². The normalized spacial score (nSPS) is 18.9. The van der Waals surface area contributed by atoms with E-state index in [0.29, 0.717) is 10.5 Å². The minimum atomic E-state index is -1.50. The van der Waals surface area contributed by atoms with Gasteiger partial charge in [-0.25, -0.2) is 13.6 Å². The van der Waals surface area contributed by atoms with Crippen molar-refractivity contribution in [2.24, 2.45) is 0 Å². The van der Waals surface area contributed by atoms with Crippen molar-refractivity contribution in [2.75, 3.05) is 11.9 Å². The Bertz CT molecular complexity index is 1130.